The van der Waals surface area contributed by atoms with Gasteiger partial charge in [0.2, 0.25) is 5.91 Å². The molecule has 0 aliphatic heterocycles. The van der Waals surface area contributed by atoms with E-state index in [2.05, 4.69) is 17.4 Å². The van der Waals surface area contributed by atoms with E-state index in [4.69, 9.17) is 9.47 Å². The molecule has 8 nitrogen and oxygen atoms in total. The van der Waals surface area contributed by atoms with E-state index in [0.29, 0.717) is 0 Å². The van der Waals surface area contributed by atoms with E-state index in [1.54, 1.807) is 20.8 Å². The Bertz CT molecular complexity index is 1280. The van der Waals surface area contributed by atoms with E-state index >= 15 is 0 Å². The standard InChI is InChI=1S/C32H36N2O6/c1-4-34(21(2)18-29(35)36)31(37)30(22(3)39-19-23-12-6-5-7-13-23)33-32(38)40-20-28-26-16-10-8-14-24(26)25-15-9-11-17-27(25)28/h5-17,21-22,28,30H,4,18-20H2,1-3H3,(H,33,38)(H,35,36). The van der Waals surface area contributed by atoms with Crippen LogP contribution in [-0.4, -0.2) is 59.3 Å². The summed E-state index contributed by atoms with van der Waals surface area (Å²) in [6, 6.07) is 24.0. The van der Waals surface area contributed by atoms with Gasteiger partial charge in [0.15, 0.2) is 0 Å². The predicted molar refractivity (Wildman–Crippen MR) is 152 cm³/mol. The van der Waals surface area contributed by atoms with E-state index in [0.717, 1.165) is 27.8 Å². The maximum atomic E-state index is 13.7. The highest BCUT2D eigenvalue weighted by molar-refractivity contribution is 5.87. The first-order valence-corrected chi connectivity index (χ1v) is 13.6. The Morgan fingerprint density at radius 3 is 2.05 bits per heavy atom. The third kappa shape index (κ3) is 6.69. The summed E-state index contributed by atoms with van der Waals surface area (Å²) in [7, 11) is 0. The van der Waals surface area contributed by atoms with E-state index in [9.17, 15) is 19.5 Å². The fourth-order valence-corrected chi connectivity index (χ4v) is 5.27. The minimum absolute atomic E-state index is 0.104. The molecule has 2 N–H and O–H groups in total. The highest BCUT2D eigenvalue weighted by atomic mass is 16.5. The van der Waals surface area contributed by atoms with Gasteiger partial charge < -0.3 is 24.8 Å². The van der Waals surface area contributed by atoms with Crippen LogP contribution in [0.25, 0.3) is 11.1 Å². The smallest absolute Gasteiger partial charge is 0.407 e. The lowest BCUT2D eigenvalue weighted by molar-refractivity contribution is -0.143. The summed E-state index contributed by atoms with van der Waals surface area (Å²) in [5.74, 6) is -1.56. The number of rotatable bonds is 12. The van der Waals surface area contributed by atoms with Gasteiger partial charge in [-0.05, 0) is 48.6 Å². The number of benzene rings is 3. The van der Waals surface area contributed by atoms with Gasteiger partial charge in [-0.15, -0.1) is 0 Å². The van der Waals surface area contributed by atoms with Gasteiger partial charge in [-0.1, -0.05) is 78.9 Å². The maximum Gasteiger partial charge on any atom is 0.407 e. The van der Waals surface area contributed by atoms with Gasteiger partial charge >= 0.3 is 12.1 Å². The Kier molecular flexibility index (Phi) is 9.56. The monoisotopic (exact) mass is 544 g/mol. The Morgan fingerprint density at radius 1 is 0.900 bits per heavy atom. The SMILES string of the molecule is CCN(C(=O)C(NC(=O)OCC1c2ccccc2-c2ccccc21)C(C)OCc1ccccc1)C(C)CC(=O)O. The molecule has 210 valence electrons. The van der Waals surface area contributed by atoms with Crippen LogP contribution in [0.5, 0.6) is 0 Å². The molecule has 1 aliphatic rings. The number of amides is 2. The number of hydrogen-bond acceptors (Lipinski definition) is 5. The number of nitrogens with zero attached hydrogens (tertiary/aromatic N) is 1. The molecule has 3 atom stereocenters. The first kappa shape index (κ1) is 28.8. The Hall–Kier alpha value is -4.17. The first-order valence-electron chi connectivity index (χ1n) is 13.6. The second kappa shape index (κ2) is 13.3. The second-order valence-corrected chi connectivity index (χ2v) is 10.0. The molecule has 0 bridgehead atoms. The van der Waals surface area contributed by atoms with Crippen molar-refractivity contribution in [1.82, 2.24) is 10.2 Å². The van der Waals surface area contributed by atoms with Crippen molar-refractivity contribution in [3.63, 3.8) is 0 Å². The van der Waals surface area contributed by atoms with Crippen molar-refractivity contribution in [1.29, 1.82) is 0 Å². The van der Waals surface area contributed by atoms with Crippen molar-refractivity contribution in [2.24, 2.45) is 0 Å². The van der Waals surface area contributed by atoms with Gasteiger partial charge in [-0.25, -0.2) is 4.79 Å². The zero-order valence-corrected chi connectivity index (χ0v) is 23.1. The third-order valence-corrected chi connectivity index (χ3v) is 7.33. The van der Waals surface area contributed by atoms with E-state index in [-0.39, 0.29) is 32.1 Å². The zero-order valence-electron chi connectivity index (χ0n) is 23.1. The summed E-state index contributed by atoms with van der Waals surface area (Å²) in [6.45, 7) is 5.79. The van der Waals surface area contributed by atoms with Crippen LogP contribution >= 0.6 is 0 Å². The van der Waals surface area contributed by atoms with Crippen molar-refractivity contribution in [2.45, 2.75) is 57.9 Å². The van der Waals surface area contributed by atoms with E-state index in [1.807, 2.05) is 66.7 Å². The highest BCUT2D eigenvalue weighted by Crippen LogP contribution is 2.44. The fraction of sp³-hybridized carbons (Fsp3) is 0.344. The molecule has 0 saturated carbocycles. The van der Waals surface area contributed by atoms with Crippen LogP contribution in [0.1, 0.15) is 49.8 Å². The molecule has 1 aliphatic carbocycles. The summed E-state index contributed by atoms with van der Waals surface area (Å²) in [6.07, 6.45) is -1.66. The van der Waals surface area contributed by atoms with Gasteiger partial charge in [0.1, 0.15) is 12.6 Å². The summed E-state index contributed by atoms with van der Waals surface area (Å²) in [5, 5.41) is 12.0. The van der Waals surface area contributed by atoms with E-state index in [1.165, 1.54) is 4.90 Å². The number of nitrogens with one attached hydrogen (secondary N) is 1. The Labute approximate surface area is 234 Å². The normalized spacial score (nSPS) is 14.4. The first-order chi connectivity index (χ1) is 19.3. The van der Waals surface area contributed by atoms with Crippen molar-refractivity contribution in [3.05, 3.63) is 95.6 Å². The van der Waals surface area contributed by atoms with Gasteiger partial charge in [0.05, 0.1) is 19.1 Å². The topological polar surface area (TPSA) is 105 Å². The average molecular weight is 545 g/mol. The Morgan fingerprint density at radius 2 is 1.48 bits per heavy atom. The maximum absolute atomic E-state index is 13.7. The fourth-order valence-electron chi connectivity index (χ4n) is 5.27. The molecule has 3 unspecified atom stereocenters. The molecule has 0 spiro atoms. The molecule has 0 radical (unpaired) electrons. The van der Waals surface area contributed by atoms with Crippen LogP contribution in [-0.2, 0) is 25.7 Å². The molecule has 4 rings (SSSR count). The van der Waals surface area contributed by atoms with Crippen LogP contribution in [0.15, 0.2) is 78.9 Å². The van der Waals surface area contributed by atoms with Crippen LogP contribution in [0.2, 0.25) is 0 Å². The lowest BCUT2D eigenvalue weighted by atomic mass is 9.98. The number of carbonyl (C=O) groups excluding carboxylic acids is 2. The molecular weight excluding hydrogens is 508 g/mol. The van der Waals surface area contributed by atoms with Gasteiger partial charge in [-0.2, -0.15) is 0 Å². The van der Waals surface area contributed by atoms with E-state index < -0.39 is 36.2 Å². The highest BCUT2D eigenvalue weighted by Gasteiger charge is 2.35. The number of carboxylic acid groups (broad SMARTS) is 1. The van der Waals surface area contributed by atoms with Crippen molar-refractivity contribution >= 4 is 18.0 Å². The minimum Gasteiger partial charge on any atom is -0.481 e. The van der Waals surface area contributed by atoms with Gasteiger partial charge in [-0.3, -0.25) is 9.59 Å². The number of aliphatic carboxylic acids is 1. The van der Waals surface area contributed by atoms with Gasteiger partial charge in [0, 0.05) is 18.5 Å². The number of carboxylic acids is 1. The molecule has 0 fully saturated rings. The van der Waals surface area contributed by atoms with Crippen LogP contribution in [0.3, 0.4) is 0 Å². The summed E-state index contributed by atoms with van der Waals surface area (Å²) in [5.41, 5.74) is 5.34. The van der Waals surface area contributed by atoms with Crippen LogP contribution in [0.4, 0.5) is 4.79 Å². The summed E-state index contributed by atoms with van der Waals surface area (Å²) in [4.78, 5) is 39.6. The van der Waals surface area contributed by atoms with Crippen LogP contribution < -0.4 is 5.32 Å². The molecule has 2 amide bonds. The van der Waals surface area contributed by atoms with Gasteiger partial charge in [0.25, 0.3) is 0 Å². The molecule has 0 saturated heterocycles. The number of hydrogen-bond donors (Lipinski definition) is 2. The van der Waals surface area contributed by atoms with Crippen molar-refractivity contribution < 1.29 is 29.0 Å². The largest absolute Gasteiger partial charge is 0.481 e. The number of likely N-dealkylation sites (N-methyl/N-ethyl adjacent to an activating group) is 1. The summed E-state index contributed by atoms with van der Waals surface area (Å²) < 4.78 is 11.7. The molecule has 0 aromatic heterocycles. The third-order valence-electron chi connectivity index (χ3n) is 7.33. The van der Waals surface area contributed by atoms with Crippen molar-refractivity contribution in [2.75, 3.05) is 13.2 Å². The molecule has 3 aromatic rings. The molecule has 0 heterocycles. The quantitative estimate of drug-likeness (QED) is 0.324. The number of fused-ring (bicyclic) bond motifs is 3. The molecule has 3 aromatic carbocycles. The Balaban J connectivity index is 1.48. The van der Waals surface area contributed by atoms with Crippen LogP contribution in [0, 0.1) is 0 Å². The molecular formula is C32H36N2O6. The minimum atomic E-state index is -1.07. The van der Waals surface area contributed by atoms with Crippen molar-refractivity contribution in [3.8, 4) is 11.1 Å². The summed E-state index contributed by atoms with van der Waals surface area (Å²) >= 11 is 0. The average Bonchev–Trinajstić information content (AvgIpc) is 3.27. The molecule has 40 heavy (non-hydrogen) atoms. The molecule has 8 heteroatoms. The number of ether oxygens (including phenoxy) is 2. The number of carbonyl (C=O) groups is 3. The number of alkyl carbamates (subject to hydrolysis) is 1. The second-order valence-electron chi connectivity index (χ2n) is 10.0. The lowest BCUT2D eigenvalue weighted by Gasteiger charge is -2.33. The lowest BCUT2D eigenvalue weighted by Crippen LogP contribution is -2.56. The predicted octanol–water partition coefficient (Wildman–Crippen LogP) is 5.21. The zero-order chi connectivity index (χ0) is 28.6.